The Kier molecular flexibility index (Phi) is 5.39. The van der Waals surface area contributed by atoms with Crippen molar-refractivity contribution in [3.05, 3.63) is 58.6 Å². The Morgan fingerprint density at radius 2 is 1.77 bits per heavy atom. The zero-order valence-electron chi connectivity index (χ0n) is 16.6. The summed E-state index contributed by atoms with van der Waals surface area (Å²) in [6.45, 7) is 2.20. The molecule has 10 heteroatoms. The third-order valence-corrected chi connectivity index (χ3v) is 6.18. The van der Waals surface area contributed by atoms with E-state index in [1.807, 2.05) is 11.0 Å². The summed E-state index contributed by atoms with van der Waals surface area (Å²) in [4.78, 5) is 21.0. The summed E-state index contributed by atoms with van der Waals surface area (Å²) in [6, 6.07) is 5.30. The molecule has 4 heterocycles. The van der Waals surface area contributed by atoms with E-state index in [-0.39, 0.29) is 11.9 Å². The Balaban J connectivity index is 1.29. The van der Waals surface area contributed by atoms with Crippen LogP contribution >= 0.6 is 15.9 Å². The fourth-order valence-corrected chi connectivity index (χ4v) is 4.47. The first kappa shape index (κ1) is 20.0. The van der Waals surface area contributed by atoms with E-state index >= 15 is 0 Å². The van der Waals surface area contributed by atoms with Crippen molar-refractivity contribution >= 4 is 39.2 Å². The molecular weight excluding hydrogens is 468 g/mol. The molecule has 2 aliphatic rings. The number of fused-ring (bicyclic) bond motifs is 1. The van der Waals surface area contributed by atoms with Gasteiger partial charge in [0.2, 0.25) is 5.95 Å². The highest BCUT2D eigenvalue weighted by Gasteiger charge is 2.29. The van der Waals surface area contributed by atoms with Gasteiger partial charge in [-0.05, 0) is 37.5 Å². The van der Waals surface area contributed by atoms with Gasteiger partial charge in [-0.15, -0.1) is 0 Å². The number of anilines is 4. The van der Waals surface area contributed by atoms with E-state index in [2.05, 4.69) is 46.1 Å². The zero-order valence-corrected chi connectivity index (χ0v) is 18.2. The third-order valence-electron chi connectivity index (χ3n) is 5.69. The van der Waals surface area contributed by atoms with E-state index in [4.69, 9.17) is 0 Å². The van der Waals surface area contributed by atoms with Crippen LogP contribution in [0.1, 0.15) is 18.4 Å². The number of nitrogens with zero attached hydrogens (tertiary/aromatic N) is 6. The number of halogens is 3. The van der Waals surface area contributed by atoms with Crippen molar-refractivity contribution in [1.29, 1.82) is 0 Å². The molecule has 0 spiro atoms. The molecule has 1 N–H and O–H groups in total. The molecule has 1 aromatic carbocycles. The minimum atomic E-state index is -0.435. The van der Waals surface area contributed by atoms with Gasteiger partial charge in [-0.1, -0.05) is 15.9 Å². The van der Waals surface area contributed by atoms with E-state index in [0.717, 1.165) is 49.6 Å². The summed E-state index contributed by atoms with van der Waals surface area (Å²) in [7, 11) is 0. The summed E-state index contributed by atoms with van der Waals surface area (Å²) in [5.41, 5.74) is 1.52. The number of hydrogen-bond acceptors (Lipinski definition) is 7. The second-order valence-electron chi connectivity index (χ2n) is 7.63. The van der Waals surface area contributed by atoms with Gasteiger partial charge in [-0.25, -0.2) is 28.7 Å². The predicted molar refractivity (Wildman–Crippen MR) is 118 cm³/mol. The van der Waals surface area contributed by atoms with Crippen LogP contribution in [0.4, 0.5) is 32.1 Å². The summed E-state index contributed by atoms with van der Waals surface area (Å²) in [5.74, 6) is 1.38. The van der Waals surface area contributed by atoms with Gasteiger partial charge in [-0.2, -0.15) is 0 Å². The molecule has 0 saturated carbocycles. The smallest absolute Gasteiger partial charge is 0.225 e. The quantitative estimate of drug-likeness (QED) is 0.594. The molecule has 1 saturated heterocycles. The largest absolute Gasteiger partial charge is 0.367 e. The van der Waals surface area contributed by atoms with E-state index in [9.17, 15) is 8.78 Å². The number of nitrogens with one attached hydrogen (secondary N) is 1. The molecule has 31 heavy (non-hydrogen) atoms. The van der Waals surface area contributed by atoms with Gasteiger partial charge in [0.05, 0.1) is 18.1 Å². The minimum Gasteiger partial charge on any atom is -0.367 e. The molecule has 0 amide bonds. The molecule has 2 aliphatic heterocycles. The molecule has 2 aromatic heterocycles. The SMILES string of the molecule is Fc1cnc(N2CCC(Nc3ncnc4c3CCN4c3ccc(Br)cc3F)CC2)nc1. The van der Waals surface area contributed by atoms with Crippen LogP contribution in [0.3, 0.4) is 0 Å². The summed E-state index contributed by atoms with van der Waals surface area (Å²) in [6.07, 6.45) is 6.41. The first-order chi connectivity index (χ1) is 15.1. The molecule has 0 radical (unpaired) electrons. The van der Waals surface area contributed by atoms with Crippen molar-refractivity contribution in [3.8, 4) is 0 Å². The van der Waals surface area contributed by atoms with Crippen LogP contribution in [0.5, 0.6) is 0 Å². The molecule has 0 bridgehead atoms. The standard InChI is InChI=1S/C21H20BrF2N7/c22-13-1-2-18(17(24)9-13)31-8-5-16-19(27-12-28-20(16)31)29-15-3-6-30(7-4-15)21-25-10-14(23)11-26-21/h1-2,9-12,15H,3-8H2,(H,27,28,29). The Bertz CT molecular complexity index is 1090. The van der Waals surface area contributed by atoms with Crippen molar-refractivity contribution < 1.29 is 8.78 Å². The Hall–Kier alpha value is -2.88. The fourth-order valence-electron chi connectivity index (χ4n) is 4.14. The molecule has 7 nitrogen and oxygen atoms in total. The Morgan fingerprint density at radius 3 is 2.52 bits per heavy atom. The van der Waals surface area contributed by atoms with Crippen LogP contribution in [-0.2, 0) is 6.42 Å². The Labute approximate surface area is 186 Å². The van der Waals surface area contributed by atoms with Gasteiger partial charge in [-0.3, -0.25) is 0 Å². The number of benzene rings is 1. The van der Waals surface area contributed by atoms with Crippen molar-refractivity contribution in [1.82, 2.24) is 19.9 Å². The van der Waals surface area contributed by atoms with Crippen LogP contribution in [0, 0.1) is 11.6 Å². The van der Waals surface area contributed by atoms with Crippen molar-refractivity contribution in [3.63, 3.8) is 0 Å². The number of rotatable bonds is 4. The predicted octanol–water partition coefficient (Wildman–Crippen LogP) is 4.08. The highest BCUT2D eigenvalue weighted by Crippen LogP contribution is 2.37. The summed E-state index contributed by atoms with van der Waals surface area (Å²) < 4.78 is 28.3. The van der Waals surface area contributed by atoms with E-state index in [0.29, 0.717) is 22.7 Å². The maximum Gasteiger partial charge on any atom is 0.225 e. The average molecular weight is 488 g/mol. The molecule has 1 fully saturated rings. The van der Waals surface area contributed by atoms with Crippen LogP contribution in [-0.4, -0.2) is 45.6 Å². The zero-order chi connectivity index (χ0) is 21.4. The number of hydrogen-bond donors (Lipinski definition) is 1. The molecule has 5 rings (SSSR count). The molecular formula is C21H20BrF2N7. The number of piperidine rings is 1. The molecule has 0 aliphatic carbocycles. The van der Waals surface area contributed by atoms with Gasteiger partial charge in [0, 0.05) is 35.7 Å². The van der Waals surface area contributed by atoms with Crippen molar-refractivity contribution in [2.24, 2.45) is 0 Å². The van der Waals surface area contributed by atoms with Crippen molar-refractivity contribution in [2.75, 3.05) is 34.8 Å². The van der Waals surface area contributed by atoms with E-state index < -0.39 is 5.82 Å². The fraction of sp³-hybridized carbons (Fsp3) is 0.333. The normalized spacial score (nSPS) is 16.5. The van der Waals surface area contributed by atoms with Gasteiger partial charge in [0.1, 0.15) is 23.8 Å². The average Bonchev–Trinajstić information content (AvgIpc) is 3.20. The highest BCUT2D eigenvalue weighted by molar-refractivity contribution is 9.10. The minimum absolute atomic E-state index is 0.245. The van der Waals surface area contributed by atoms with Gasteiger partial charge >= 0.3 is 0 Å². The van der Waals surface area contributed by atoms with E-state index in [1.54, 1.807) is 6.07 Å². The summed E-state index contributed by atoms with van der Waals surface area (Å²) in [5, 5.41) is 3.55. The highest BCUT2D eigenvalue weighted by atomic mass is 79.9. The molecule has 3 aromatic rings. The first-order valence-electron chi connectivity index (χ1n) is 10.1. The molecule has 160 valence electrons. The van der Waals surface area contributed by atoms with E-state index in [1.165, 1.54) is 24.8 Å². The lowest BCUT2D eigenvalue weighted by atomic mass is 10.0. The van der Waals surface area contributed by atoms with Crippen LogP contribution in [0.25, 0.3) is 0 Å². The van der Waals surface area contributed by atoms with Gasteiger partial charge in [0.25, 0.3) is 0 Å². The summed E-state index contributed by atoms with van der Waals surface area (Å²) >= 11 is 3.30. The van der Waals surface area contributed by atoms with Crippen LogP contribution in [0.2, 0.25) is 0 Å². The maximum atomic E-state index is 14.5. The second-order valence-corrected chi connectivity index (χ2v) is 8.54. The second kappa shape index (κ2) is 8.33. The van der Waals surface area contributed by atoms with Gasteiger partial charge < -0.3 is 15.1 Å². The van der Waals surface area contributed by atoms with Crippen molar-refractivity contribution in [2.45, 2.75) is 25.3 Å². The molecule has 0 atom stereocenters. The lowest BCUT2D eigenvalue weighted by Gasteiger charge is -2.32. The van der Waals surface area contributed by atoms with Crippen LogP contribution < -0.4 is 15.1 Å². The lowest BCUT2D eigenvalue weighted by Crippen LogP contribution is -2.40. The third kappa shape index (κ3) is 4.04. The molecule has 0 unspecified atom stereocenters. The monoisotopic (exact) mass is 487 g/mol. The van der Waals surface area contributed by atoms with Gasteiger partial charge in [0.15, 0.2) is 5.82 Å². The topological polar surface area (TPSA) is 70.1 Å². The van der Waals surface area contributed by atoms with Crippen LogP contribution in [0.15, 0.2) is 41.4 Å². The lowest BCUT2D eigenvalue weighted by molar-refractivity contribution is 0.516. The first-order valence-corrected chi connectivity index (χ1v) is 10.9. The maximum absolute atomic E-state index is 14.5. The number of aromatic nitrogens is 4. The Morgan fingerprint density at radius 1 is 1.00 bits per heavy atom.